The zero-order valence-electron chi connectivity index (χ0n) is 11.1. The lowest BCUT2D eigenvalue weighted by Crippen LogP contribution is -2.29. The average Bonchev–Trinajstić information content (AvgIpc) is 2.39. The fourth-order valence-corrected chi connectivity index (χ4v) is 1.26. The van der Waals surface area contributed by atoms with Crippen LogP contribution < -0.4 is 10.1 Å². The second kappa shape index (κ2) is 6.13. The van der Waals surface area contributed by atoms with Crippen LogP contribution in [0.3, 0.4) is 0 Å². The van der Waals surface area contributed by atoms with Crippen molar-refractivity contribution < 1.29 is 23.2 Å². The zero-order valence-corrected chi connectivity index (χ0v) is 11.1. The van der Waals surface area contributed by atoms with Crippen LogP contribution in [0.15, 0.2) is 18.2 Å². The Morgan fingerprint density at radius 2 is 2.14 bits per heavy atom. The SMILES string of the molecule is CC(C)(C#N)C(=O)Nc1cc([N+](=O)[O-])ccc1OC(F)F. The van der Waals surface area contributed by atoms with E-state index in [2.05, 4.69) is 10.1 Å². The number of nitro groups is 1. The van der Waals surface area contributed by atoms with Gasteiger partial charge in [-0.15, -0.1) is 0 Å². The lowest BCUT2D eigenvalue weighted by Gasteiger charge is -2.17. The van der Waals surface area contributed by atoms with Gasteiger partial charge in [-0.05, 0) is 19.9 Å². The Kier molecular flexibility index (Phi) is 4.75. The molecule has 0 aliphatic carbocycles. The second-order valence-electron chi connectivity index (χ2n) is 4.51. The number of amides is 1. The first-order chi connectivity index (χ1) is 9.67. The summed E-state index contributed by atoms with van der Waals surface area (Å²) in [7, 11) is 0. The van der Waals surface area contributed by atoms with Crippen LogP contribution >= 0.6 is 0 Å². The van der Waals surface area contributed by atoms with E-state index in [1.165, 1.54) is 13.8 Å². The lowest BCUT2D eigenvalue weighted by atomic mass is 9.94. The quantitative estimate of drug-likeness (QED) is 0.664. The Bertz CT molecular complexity index is 611. The summed E-state index contributed by atoms with van der Waals surface area (Å²) < 4.78 is 28.7. The summed E-state index contributed by atoms with van der Waals surface area (Å²) in [6, 6.07) is 4.51. The number of rotatable bonds is 5. The van der Waals surface area contributed by atoms with Crippen molar-refractivity contribution in [2.24, 2.45) is 5.41 Å². The van der Waals surface area contributed by atoms with Gasteiger partial charge in [-0.1, -0.05) is 0 Å². The topological polar surface area (TPSA) is 105 Å². The van der Waals surface area contributed by atoms with E-state index in [4.69, 9.17) is 5.26 Å². The fourth-order valence-electron chi connectivity index (χ4n) is 1.26. The Labute approximate surface area is 118 Å². The minimum Gasteiger partial charge on any atom is -0.433 e. The summed E-state index contributed by atoms with van der Waals surface area (Å²) >= 11 is 0. The van der Waals surface area contributed by atoms with E-state index in [1.807, 2.05) is 0 Å². The molecule has 0 aromatic heterocycles. The first-order valence-electron chi connectivity index (χ1n) is 5.63. The number of anilines is 1. The van der Waals surface area contributed by atoms with E-state index in [0.717, 1.165) is 18.2 Å². The van der Waals surface area contributed by atoms with Gasteiger partial charge in [-0.2, -0.15) is 14.0 Å². The zero-order chi connectivity index (χ0) is 16.2. The molecule has 1 amide bonds. The summed E-state index contributed by atoms with van der Waals surface area (Å²) in [4.78, 5) is 21.8. The van der Waals surface area contributed by atoms with Gasteiger partial charge in [0.25, 0.3) is 5.69 Å². The van der Waals surface area contributed by atoms with Gasteiger partial charge in [0.05, 0.1) is 16.7 Å². The number of halogens is 2. The first-order valence-corrected chi connectivity index (χ1v) is 5.63. The third-order valence-corrected chi connectivity index (χ3v) is 2.49. The van der Waals surface area contributed by atoms with Crippen molar-refractivity contribution in [3.63, 3.8) is 0 Å². The molecule has 1 N–H and O–H groups in total. The summed E-state index contributed by atoms with van der Waals surface area (Å²) in [6.07, 6.45) is 0. The number of carbonyl (C=O) groups is 1. The number of hydrogen-bond donors (Lipinski definition) is 1. The summed E-state index contributed by atoms with van der Waals surface area (Å²) in [5.74, 6) is -1.23. The molecule has 0 radical (unpaired) electrons. The van der Waals surface area contributed by atoms with Gasteiger partial charge in [-0.25, -0.2) is 0 Å². The van der Waals surface area contributed by atoms with E-state index < -0.39 is 34.3 Å². The van der Waals surface area contributed by atoms with E-state index in [9.17, 15) is 23.7 Å². The van der Waals surface area contributed by atoms with Crippen LogP contribution in [-0.2, 0) is 4.79 Å². The molecular formula is C12H11F2N3O4. The molecule has 0 aliphatic rings. The van der Waals surface area contributed by atoms with Crippen LogP contribution in [-0.4, -0.2) is 17.4 Å². The minimum atomic E-state index is -3.16. The van der Waals surface area contributed by atoms with Crippen LogP contribution in [0.5, 0.6) is 5.75 Å². The van der Waals surface area contributed by atoms with E-state index >= 15 is 0 Å². The Hall–Kier alpha value is -2.76. The molecule has 0 saturated carbocycles. The number of non-ortho nitro benzene ring substituents is 1. The van der Waals surface area contributed by atoms with Gasteiger partial charge >= 0.3 is 6.61 Å². The predicted molar refractivity (Wildman–Crippen MR) is 67.8 cm³/mol. The van der Waals surface area contributed by atoms with Gasteiger partial charge in [-0.3, -0.25) is 14.9 Å². The standard InChI is InChI=1S/C12H11F2N3O4/c1-12(2,6-15)10(18)16-8-5-7(17(19)20)3-4-9(8)21-11(13)14/h3-5,11H,1-2H3,(H,16,18). The Morgan fingerprint density at radius 1 is 1.52 bits per heavy atom. The number of hydrogen-bond acceptors (Lipinski definition) is 5. The maximum Gasteiger partial charge on any atom is 0.387 e. The van der Waals surface area contributed by atoms with Crippen molar-refractivity contribution in [1.82, 2.24) is 0 Å². The number of ether oxygens (including phenoxy) is 1. The number of alkyl halides is 2. The maximum absolute atomic E-state index is 12.3. The highest BCUT2D eigenvalue weighted by atomic mass is 19.3. The number of carbonyl (C=O) groups excluding carboxylic acids is 1. The van der Waals surface area contributed by atoms with Gasteiger partial charge in [0.1, 0.15) is 11.2 Å². The molecule has 0 heterocycles. The number of nitro benzene ring substituents is 1. The van der Waals surface area contributed by atoms with Crippen LogP contribution in [0, 0.1) is 26.9 Å². The smallest absolute Gasteiger partial charge is 0.387 e. The third kappa shape index (κ3) is 4.10. The van der Waals surface area contributed by atoms with Crippen molar-refractivity contribution in [3.8, 4) is 11.8 Å². The van der Waals surface area contributed by atoms with Crippen molar-refractivity contribution in [2.45, 2.75) is 20.5 Å². The minimum absolute atomic E-state index is 0.308. The van der Waals surface area contributed by atoms with Crippen molar-refractivity contribution in [1.29, 1.82) is 5.26 Å². The molecule has 1 aromatic rings. The molecule has 21 heavy (non-hydrogen) atoms. The lowest BCUT2D eigenvalue weighted by molar-refractivity contribution is -0.384. The van der Waals surface area contributed by atoms with Crippen molar-refractivity contribution in [2.75, 3.05) is 5.32 Å². The van der Waals surface area contributed by atoms with Crippen molar-refractivity contribution >= 4 is 17.3 Å². The van der Waals surface area contributed by atoms with E-state index in [0.29, 0.717) is 0 Å². The third-order valence-electron chi connectivity index (χ3n) is 2.49. The predicted octanol–water partition coefficient (Wildman–Crippen LogP) is 2.68. The molecule has 0 aliphatic heterocycles. The fraction of sp³-hybridized carbons (Fsp3) is 0.333. The van der Waals surface area contributed by atoms with Gasteiger partial charge in [0.15, 0.2) is 0 Å². The highest BCUT2D eigenvalue weighted by molar-refractivity contribution is 5.98. The Balaban J connectivity index is 3.18. The van der Waals surface area contributed by atoms with Crippen LogP contribution in [0.2, 0.25) is 0 Å². The van der Waals surface area contributed by atoms with Gasteiger partial charge in [0, 0.05) is 12.1 Å². The summed E-state index contributed by atoms with van der Waals surface area (Å²) in [5, 5.41) is 21.7. The number of nitriles is 1. The molecule has 1 rings (SSSR count). The molecule has 0 unspecified atom stereocenters. The highest BCUT2D eigenvalue weighted by Gasteiger charge is 2.28. The largest absolute Gasteiger partial charge is 0.433 e. The highest BCUT2D eigenvalue weighted by Crippen LogP contribution is 2.31. The Morgan fingerprint density at radius 3 is 2.62 bits per heavy atom. The number of nitrogens with zero attached hydrogens (tertiary/aromatic N) is 2. The van der Waals surface area contributed by atoms with E-state index in [1.54, 1.807) is 6.07 Å². The molecule has 1 aromatic carbocycles. The maximum atomic E-state index is 12.3. The normalized spacial score (nSPS) is 10.9. The molecule has 0 fully saturated rings. The van der Waals surface area contributed by atoms with Gasteiger partial charge in [0.2, 0.25) is 5.91 Å². The van der Waals surface area contributed by atoms with Crippen LogP contribution in [0.25, 0.3) is 0 Å². The average molecular weight is 299 g/mol. The number of benzene rings is 1. The summed E-state index contributed by atoms with van der Waals surface area (Å²) in [5.41, 5.74) is -2.16. The number of nitrogens with one attached hydrogen (secondary N) is 1. The molecular weight excluding hydrogens is 288 g/mol. The van der Waals surface area contributed by atoms with Crippen LogP contribution in [0.1, 0.15) is 13.8 Å². The van der Waals surface area contributed by atoms with Gasteiger partial charge < -0.3 is 10.1 Å². The van der Waals surface area contributed by atoms with E-state index in [-0.39, 0.29) is 5.69 Å². The molecule has 0 bridgehead atoms. The molecule has 7 nitrogen and oxygen atoms in total. The molecule has 0 atom stereocenters. The summed E-state index contributed by atoms with van der Waals surface area (Å²) in [6.45, 7) is -0.535. The first kappa shape index (κ1) is 16.3. The molecule has 112 valence electrons. The second-order valence-corrected chi connectivity index (χ2v) is 4.51. The van der Waals surface area contributed by atoms with Crippen molar-refractivity contribution in [3.05, 3.63) is 28.3 Å². The van der Waals surface area contributed by atoms with Crippen LogP contribution in [0.4, 0.5) is 20.2 Å². The molecule has 0 spiro atoms. The monoisotopic (exact) mass is 299 g/mol. The molecule has 9 heteroatoms. The molecule has 0 saturated heterocycles.